The van der Waals surface area contributed by atoms with Crippen molar-refractivity contribution in [1.29, 1.82) is 0 Å². The van der Waals surface area contributed by atoms with Crippen molar-refractivity contribution < 1.29 is 9.84 Å². The standard InChI is InChI=1S/C13H20N2O2S/c1-17-10-13(16)6-3-7-15(9-13)11-4-5-12(18-2)14-8-11/h4-5,8,16H,3,6-7,9-10H2,1-2H3/t13-/m0/s1. The van der Waals surface area contributed by atoms with Crippen LogP contribution < -0.4 is 4.90 Å². The summed E-state index contributed by atoms with van der Waals surface area (Å²) in [4.78, 5) is 6.55. The normalized spacial score (nSPS) is 24.3. The molecule has 0 bridgehead atoms. The summed E-state index contributed by atoms with van der Waals surface area (Å²) >= 11 is 1.63. The van der Waals surface area contributed by atoms with Crippen molar-refractivity contribution in [1.82, 2.24) is 4.98 Å². The summed E-state index contributed by atoms with van der Waals surface area (Å²) in [5.74, 6) is 0. The molecule has 18 heavy (non-hydrogen) atoms. The number of pyridine rings is 1. The lowest BCUT2D eigenvalue weighted by atomic mass is 9.93. The summed E-state index contributed by atoms with van der Waals surface area (Å²) in [6, 6.07) is 4.08. The van der Waals surface area contributed by atoms with Gasteiger partial charge in [-0.2, -0.15) is 0 Å². The van der Waals surface area contributed by atoms with Crippen molar-refractivity contribution in [2.75, 3.05) is 38.0 Å². The molecular weight excluding hydrogens is 248 g/mol. The number of ether oxygens (including phenoxy) is 1. The Labute approximate surface area is 112 Å². The van der Waals surface area contributed by atoms with E-state index in [9.17, 15) is 5.11 Å². The van der Waals surface area contributed by atoms with Gasteiger partial charge in [0.05, 0.1) is 23.5 Å². The highest BCUT2D eigenvalue weighted by molar-refractivity contribution is 7.98. The molecule has 1 atom stereocenters. The Balaban J connectivity index is 2.07. The van der Waals surface area contributed by atoms with E-state index >= 15 is 0 Å². The molecule has 0 radical (unpaired) electrons. The predicted octanol–water partition coefficient (Wildman–Crippen LogP) is 1.78. The maximum absolute atomic E-state index is 10.4. The van der Waals surface area contributed by atoms with Crippen LogP contribution in [0.4, 0.5) is 5.69 Å². The van der Waals surface area contributed by atoms with Gasteiger partial charge in [-0.15, -0.1) is 11.8 Å². The molecule has 100 valence electrons. The third kappa shape index (κ3) is 3.16. The van der Waals surface area contributed by atoms with Crippen molar-refractivity contribution in [3.05, 3.63) is 18.3 Å². The number of aromatic nitrogens is 1. The maximum atomic E-state index is 10.4. The van der Waals surface area contributed by atoms with E-state index in [2.05, 4.69) is 16.0 Å². The van der Waals surface area contributed by atoms with Crippen LogP contribution in [0.15, 0.2) is 23.4 Å². The van der Waals surface area contributed by atoms with Gasteiger partial charge < -0.3 is 14.7 Å². The third-order valence-corrected chi connectivity index (χ3v) is 3.92. The molecule has 1 aromatic rings. The first-order chi connectivity index (χ1) is 8.67. The first kappa shape index (κ1) is 13.6. The Hall–Kier alpha value is -0.780. The third-order valence-electron chi connectivity index (χ3n) is 3.26. The van der Waals surface area contributed by atoms with Gasteiger partial charge in [0, 0.05) is 20.2 Å². The highest BCUT2D eigenvalue weighted by Gasteiger charge is 2.33. The fourth-order valence-electron chi connectivity index (χ4n) is 2.40. The van der Waals surface area contributed by atoms with E-state index in [0.29, 0.717) is 13.2 Å². The zero-order valence-corrected chi connectivity index (χ0v) is 11.7. The minimum absolute atomic E-state index is 0.389. The van der Waals surface area contributed by atoms with Gasteiger partial charge in [-0.25, -0.2) is 4.98 Å². The number of thioether (sulfide) groups is 1. The van der Waals surface area contributed by atoms with Gasteiger partial charge in [-0.05, 0) is 31.2 Å². The molecule has 0 spiro atoms. The molecule has 1 fully saturated rings. The zero-order chi connectivity index (χ0) is 13.0. The fraction of sp³-hybridized carbons (Fsp3) is 0.615. The molecular formula is C13H20N2O2S. The van der Waals surface area contributed by atoms with Gasteiger partial charge in [0.15, 0.2) is 0 Å². The van der Waals surface area contributed by atoms with E-state index in [1.54, 1.807) is 18.9 Å². The lowest BCUT2D eigenvalue weighted by molar-refractivity contribution is -0.0393. The molecule has 1 aromatic heterocycles. The lowest BCUT2D eigenvalue weighted by Gasteiger charge is -2.39. The topological polar surface area (TPSA) is 45.6 Å². The first-order valence-corrected chi connectivity index (χ1v) is 7.36. The summed E-state index contributed by atoms with van der Waals surface area (Å²) in [5.41, 5.74) is 0.340. The molecule has 1 N–H and O–H groups in total. The van der Waals surface area contributed by atoms with Crippen LogP contribution in [-0.4, -0.2) is 48.8 Å². The minimum Gasteiger partial charge on any atom is -0.386 e. The lowest BCUT2D eigenvalue weighted by Crippen LogP contribution is -2.51. The van der Waals surface area contributed by atoms with Crippen LogP contribution in [0, 0.1) is 0 Å². The molecule has 0 aromatic carbocycles. The van der Waals surface area contributed by atoms with Gasteiger partial charge in [0.25, 0.3) is 0 Å². The maximum Gasteiger partial charge on any atom is 0.105 e. The molecule has 1 aliphatic heterocycles. The quantitative estimate of drug-likeness (QED) is 0.843. The summed E-state index contributed by atoms with van der Waals surface area (Å²) < 4.78 is 5.11. The van der Waals surface area contributed by atoms with E-state index in [1.165, 1.54) is 0 Å². The molecule has 4 nitrogen and oxygen atoms in total. The number of nitrogens with zero attached hydrogens (tertiary/aromatic N) is 2. The monoisotopic (exact) mass is 268 g/mol. The second kappa shape index (κ2) is 5.91. The van der Waals surface area contributed by atoms with Crippen molar-refractivity contribution in [3.63, 3.8) is 0 Å². The molecule has 2 rings (SSSR count). The van der Waals surface area contributed by atoms with Gasteiger partial charge >= 0.3 is 0 Å². The molecule has 0 saturated carbocycles. The van der Waals surface area contributed by atoms with Crippen molar-refractivity contribution in [3.8, 4) is 0 Å². The van der Waals surface area contributed by atoms with Crippen LogP contribution in [0.2, 0.25) is 0 Å². The number of methoxy groups -OCH3 is 1. The largest absolute Gasteiger partial charge is 0.386 e. The second-order valence-electron chi connectivity index (χ2n) is 4.74. The summed E-state index contributed by atoms with van der Waals surface area (Å²) in [7, 11) is 1.63. The van der Waals surface area contributed by atoms with Crippen molar-refractivity contribution in [2.24, 2.45) is 0 Å². The SMILES string of the molecule is COC[C@]1(O)CCCN(c2ccc(SC)nc2)C1. The van der Waals surface area contributed by atoms with Crippen molar-refractivity contribution >= 4 is 17.4 Å². The van der Waals surface area contributed by atoms with Crippen LogP contribution in [0.25, 0.3) is 0 Å². The molecule has 1 aliphatic rings. The van der Waals surface area contributed by atoms with E-state index in [0.717, 1.165) is 30.1 Å². The van der Waals surface area contributed by atoms with Crippen LogP contribution in [0.3, 0.4) is 0 Å². The number of aliphatic hydroxyl groups is 1. The molecule has 5 heteroatoms. The average Bonchev–Trinajstić information content (AvgIpc) is 2.39. The van der Waals surface area contributed by atoms with Gasteiger partial charge in [-0.1, -0.05) is 0 Å². The summed E-state index contributed by atoms with van der Waals surface area (Å²) in [5, 5.41) is 11.4. The van der Waals surface area contributed by atoms with Gasteiger partial charge in [0.1, 0.15) is 5.60 Å². The number of rotatable bonds is 4. The van der Waals surface area contributed by atoms with Crippen LogP contribution in [-0.2, 0) is 4.74 Å². The molecule has 2 heterocycles. The Morgan fingerprint density at radius 1 is 1.56 bits per heavy atom. The van der Waals surface area contributed by atoms with Crippen LogP contribution in [0.5, 0.6) is 0 Å². The number of β-amino-alcohol motifs (C(OH)–C–C–N with tert-alkyl or cyclic N) is 1. The van der Waals surface area contributed by atoms with Gasteiger partial charge in [0.2, 0.25) is 0 Å². The van der Waals surface area contributed by atoms with Crippen molar-refractivity contribution in [2.45, 2.75) is 23.5 Å². The Kier molecular flexibility index (Phi) is 4.48. The molecule has 0 unspecified atom stereocenters. The highest BCUT2D eigenvalue weighted by Crippen LogP contribution is 2.26. The van der Waals surface area contributed by atoms with Crippen LogP contribution in [0.1, 0.15) is 12.8 Å². The highest BCUT2D eigenvalue weighted by atomic mass is 32.2. The average molecular weight is 268 g/mol. The Morgan fingerprint density at radius 3 is 3.00 bits per heavy atom. The first-order valence-electron chi connectivity index (χ1n) is 6.13. The summed E-state index contributed by atoms with van der Waals surface area (Å²) in [6.07, 6.45) is 5.67. The van der Waals surface area contributed by atoms with Gasteiger partial charge in [-0.3, -0.25) is 0 Å². The number of hydrogen-bond donors (Lipinski definition) is 1. The van der Waals surface area contributed by atoms with E-state index < -0.39 is 5.60 Å². The summed E-state index contributed by atoms with van der Waals surface area (Å²) in [6.45, 7) is 1.97. The molecule has 0 amide bonds. The van der Waals surface area contributed by atoms with E-state index in [-0.39, 0.29) is 0 Å². The smallest absolute Gasteiger partial charge is 0.105 e. The molecule has 1 saturated heterocycles. The Bertz CT molecular complexity index is 381. The second-order valence-corrected chi connectivity index (χ2v) is 5.57. The predicted molar refractivity (Wildman–Crippen MR) is 74.3 cm³/mol. The molecule has 0 aliphatic carbocycles. The van der Waals surface area contributed by atoms with Crippen LogP contribution >= 0.6 is 11.8 Å². The fourth-order valence-corrected chi connectivity index (χ4v) is 2.76. The number of anilines is 1. The van der Waals surface area contributed by atoms with E-state index in [1.807, 2.05) is 18.5 Å². The van der Waals surface area contributed by atoms with E-state index in [4.69, 9.17) is 4.74 Å². The minimum atomic E-state index is -0.731. The number of hydrogen-bond acceptors (Lipinski definition) is 5. The zero-order valence-electron chi connectivity index (χ0n) is 10.9. The Morgan fingerprint density at radius 2 is 2.39 bits per heavy atom. The number of piperidine rings is 1.